The molecule has 1 aromatic carbocycles. The van der Waals surface area contributed by atoms with E-state index < -0.39 is 0 Å². The minimum atomic E-state index is 0.499. The highest BCUT2D eigenvalue weighted by Gasteiger charge is 2.21. The minimum Gasteiger partial charge on any atom is -0.399 e. The number of nitrogens with zero attached hydrogens (tertiary/aromatic N) is 2. The summed E-state index contributed by atoms with van der Waals surface area (Å²) in [6.45, 7) is 2.06. The van der Waals surface area contributed by atoms with E-state index in [9.17, 15) is 0 Å². The maximum Gasteiger partial charge on any atom is 0.0945 e. The molecule has 4 nitrogen and oxygen atoms in total. The van der Waals surface area contributed by atoms with Crippen molar-refractivity contribution in [1.29, 1.82) is 0 Å². The third kappa shape index (κ3) is 2.79. The highest BCUT2D eigenvalue weighted by Crippen LogP contribution is 2.32. The van der Waals surface area contributed by atoms with E-state index >= 15 is 0 Å². The van der Waals surface area contributed by atoms with Crippen LogP contribution >= 0.6 is 0 Å². The average Bonchev–Trinajstić information content (AvgIpc) is 3.03. The van der Waals surface area contributed by atoms with Crippen LogP contribution in [-0.2, 0) is 13.0 Å². The van der Waals surface area contributed by atoms with Crippen molar-refractivity contribution in [3.05, 3.63) is 48.0 Å². The fourth-order valence-electron chi connectivity index (χ4n) is 2.81. The van der Waals surface area contributed by atoms with Crippen LogP contribution in [-0.4, -0.2) is 16.1 Å². The molecule has 0 amide bonds. The fourth-order valence-corrected chi connectivity index (χ4v) is 2.81. The first kappa shape index (κ1) is 12.2. The predicted molar refractivity (Wildman–Crippen MR) is 76.8 cm³/mol. The number of aromatic nitrogens is 2. The number of nitrogens with one attached hydrogen (secondary N) is 1. The number of hydrogen-bond donors (Lipinski definition) is 2. The molecule has 1 aliphatic carbocycles. The summed E-state index contributed by atoms with van der Waals surface area (Å²) in [6.07, 6.45) is 9.15. The summed E-state index contributed by atoms with van der Waals surface area (Å²) in [5, 5.41) is 3.65. The Morgan fingerprint density at radius 1 is 1.42 bits per heavy atom. The van der Waals surface area contributed by atoms with Crippen molar-refractivity contribution < 1.29 is 0 Å². The second-order valence-corrected chi connectivity index (χ2v) is 5.16. The molecule has 0 spiro atoms. The lowest BCUT2D eigenvalue weighted by Gasteiger charge is -2.14. The molecule has 1 atom stereocenters. The molecule has 1 heterocycles. The molecule has 0 radical (unpaired) electrons. The van der Waals surface area contributed by atoms with Gasteiger partial charge in [0.2, 0.25) is 0 Å². The highest BCUT2D eigenvalue weighted by molar-refractivity contribution is 5.47. The van der Waals surface area contributed by atoms with Crippen LogP contribution in [0.25, 0.3) is 0 Å². The van der Waals surface area contributed by atoms with Gasteiger partial charge in [0.1, 0.15) is 0 Å². The Hall–Kier alpha value is -1.81. The van der Waals surface area contributed by atoms with Crippen molar-refractivity contribution in [3.63, 3.8) is 0 Å². The normalized spacial score (nSPS) is 17.6. The second-order valence-electron chi connectivity index (χ2n) is 5.16. The Morgan fingerprint density at radius 2 is 2.37 bits per heavy atom. The SMILES string of the molecule is Nc1ccc2c(c1)CCC2NCCCn1ccnc1. The Kier molecular flexibility index (Phi) is 3.51. The van der Waals surface area contributed by atoms with E-state index in [1.165, 1.54) is 17.5 Å². The van der Waals surface area contributed by atoms with Crippen molar-refractivity contribution in [2.24, 2.45) is 0 Å². The van der Waals surface area contributed by atoms with Crippen molar-refractivity contribution in [1.82, 2.24) is 14.9 Å². The monoisotopic (exact) mass is 256 g/mol. The van der Waals surface area contributed by atoms with E-state index in [0.29, 0.717) is 6.04 Å². The number of fused-ring (bicyclic) bond motifs is 1. The Labute approximate surface area is 113 Å². The van der Waals surface area contributed by atoms with Gasteiger partial charge in [-0.3, -0.25) is 0 Å². The molecule has 0 bridgehead atoms. The van der Waals surface area contributed by atoms with Gasteiger partial charge in [0.15, 0.2) is 0 Å². The molecular formula is C15H20N4. The van der Waals surface area contributed by atoms with E-state index in [1.807, 2.05) is 24.8 Å². The lowest BCUT2D eigenvalue weighted by molar-refractivity contribution is 0.499. The molecule has 4 heteroatoms. The number of aryl methyl sites for hydroxylation is 2. The zero-order valence-corrected chi connectivity index (χ0v) is 11.0. The van der Waals surface area contributed by atoms with Gasteiger partial charge in [-0.05, 0) is 49.1 Å². The molecule has 0 fully saturated rings. The van der Waals surface area contributed by atoms with Crippen LogP contribution < -0.4 is 11.1 Å². The number of anilines is 1. The van der Waals surface area contributed by atoms with Crippen molar-refractivity contribution >= 4 is 5.69 Å². The van der Waals surface area contributed by atoms with E-state index in [1.54, 1.807) is 0 Å². The van der Waals surface area contributed by atoms with Crippen LogP contribution in [0.1, 0.15) is 30.0 Å². The average molecular weight is 256 g/mol. The zero-order valence-electron chi connectivity index (χ0n) is 11.0. The van der Waals surface area contributed by atoms with Gasteiger partial charge in [-0.2, -0.15) is 0 Å². The van der Waals surface area contributed by atoms with Crippen molar-refractivity contribution in [3.8, 4) is 0 Å². The van der Waals surface area contributed by atoms with Gasteiger partial charge >= 0.3 is 0 Å². The maximum absolute atomic E-state index is 5.82. The van der Waals surface area contributed by atoms with Gasteiger partial charge < -0.3 is 15.6 Å². The molecule has 1 aromatic heterocycles. The molecule has 3 rings (SSSR count). The lowest BCUT2D eigenvalue weighted by atomic mass is 10.1. The summed E-state index contributed by atoms with van der Waals surface area (Å²) in [4.78, 5) is 4.05. The van der Waals surface area contributed by atoms with Gasteiger partial charge in [0.05, 0.1) is 6.33 Å². The van der Waals surface area contributed by atoms with Crippen LogP contribution in [0.2, 0.25) is 0 Å². The van der Waals surface area contributed by atoms with Crippen LogP contribution in [0.3, 0.4) is 0 Å². The predicted octanol–water partition coefficient (Wildman–Crippen LogP) is 2.13. The molecule has 19 heavy (non-hydrogen) atoms. The van der Waals surface area contributed by atoms with E-state index in [2.05, 4.69) is 27.0 Å². The number of rotatable bonds is 5. The summed E-state index contributed by atoms with van der Waals surface area (Å²) in [7, 11) is 0. The van der Waals surface area contributed by atoms with Crippen molar-refractivity contribution in [2.75, 3.05) is 12.3 Å². The van der Waals surface area contributed by atoms with Crippen LogP contribution in [0.15, 0.2) is 36.9 Å². The molecular weight excluding hydrogens is 236 g/mol. The first-order valence-electron chi connectivity index (χ1n) is 6.90. The smallest absolute Gasteiger partial charge is 0.0945 e. The third-order valence-corrected chi connectivity index (χ3v) is 3.79. The molecule has 0 aliphatic heterocycles. The van der Waals surface area contributed by atoms with Crippen LogP contribution in [0.5, 0.6) is 0 Å². The first-order chi connectivity index (χ1) is 9.33. The molecule has 1 unspecified atom stereocenters. The topological polar surface area (TPSA) is 55.9 Å². The quantitative estimate of drug-likeness (QED) is 0.636. The van der Waals surface area contributed by atoms with Crippen LogP contribution in [0, 0.1) is 0 Å². The van der Waals surface area contributed by atoms with Gasteiger partial charge in [-0.15, -0.1) is 0 Å². The molecule has 100 valence electrons. The molecule has 0 saturated carbocycles. The molecule has 2 aromatic rings. The van der Waals surface area contributed by atoms with E-state index in [4.69, 9.17) is 5.73 Å². The van der Waals surface area contributed by atoms with Crippen LogP contribution in [0.4, 0.5) is 5.69 Å². The highest BCUT2D eigenvalue weighted by atomic mass is 15.0. The van der Waals surface area contributed by atoms with Gasteiger partial charge in [-0.25, -0.2) is 4.98 Å². The van der Waals surface area contributed by atoms with Crippen molar-refractivity contribution in [2.45, 2.75) is 31.8 Å². The Bertz CT molecular complexity index is 533. The number of nitrogens with two attached hydrogens (primary N) is 1. The summed E-state index contributed by atoms with van der Waals surface area (Å²) >= 11 is 0. The lowest BCUT2D eigenvalue weighted by Crippen LogP contribution is -2.21. The standard InChI is InChI=1S/C15H20N4/c16-13-3-4-14-12(10-13)2-5-15(14)18-6-1-8-19-9-7-17-11-19/h3-4,7,9-11,15,18H,1-2,5-6,8,16H2. The minimum absolute atomic E-state index is 0.499. The van der Waals surface area contributed by atoms with Gasteiger partial charge in [0, 0.05) is 30.7 Å². The maximum atomic E-state index is 5.82. The Morgan fingerprint density at radius 3 is 3.21 bits per heavy atom. The van der Waals surface area contributed by atoms with E-state index in [-0.39, 0.29) is 0 Å². The summed E-state index contributed by atoms with van der Waals surface area (Å²) in [5.74, 6) is 0. The number of hydrogen-bond acceptors (Lipinski definition) is 3. The summed E-state index contributed by atoms with van der Waals surface area (Å²) in [5.41, 5.74) is 9.53. The molecule has 1 aliphatic rings. The summed E-state index contributed by atoms with van der Waals surface area (Å²) in [6, 6.07) is 6.79. The number of benzene rings is 1. The first-order valence-corrected chi connectivity index (χ1v) is 6.90. The van der Waals surface area contributed by atoms with Gasteiger partial charge in [-0.1, -0.05) is 6.07 Å². The second kappa shape index (κ2) is 5.45. The number of imidazole rings is 1. The molecule has 3 N–H and O–H groups in total. The number of nitrogen functional groups attached to an aromatic ring is 1. The third-order valence-electron chi connectivity index (χ3n) is 3.79. The van der Waals surface area contributed by atoms with Gasteiger partial charge in [0.25, 0.3) is 0 Å². The fraction of sp³-hybridized carbons (Fsp3) is 0.400. The largest absolute Gasteiger partial charge is 0.399 e. The Balaban J connectivity index is 1.50. The van der Waals surface area contributed by atoms with E-state index in [0.717, 1.165) is 31.6 Å². The summed E-state index contributed by atoms with van der Waals surface area (Å²) < 4.78 is 2.12. The molecule has 0 saturated heterocycles. The zero-order chi connectivity index (χ0) is 13.1.